The highest BCUT2D eigenvalue weighted by Crippen LogP contribution is 2.45. The second-order valence-electron chi connectivity index (χ2n) is 10.8. The zero-order valence-corrected chi connectivity index (χ0v) is 28.4. The summed E-state index contributed by atoms with van der Waals surface area (Å²) in [6.07, 6.45) is 3.85. The van der Waals surface area contributed by atoms with Gasteiger partial charge in [0.25, 0.3) is 5.91 Å². The lowest BCUT2D eigenvalue weighted by Crippen LogP contribution is -2.30. The number of halogens is 2. The third-order valence-corrected chi connectivity index (χ3v) is 9.82. The number of carbonyl (C=O) groups is 2. The molecule has 4 aromatic rings. The van der Waals surface area contributed by atoms with E-state index in [4.69, 9.17) is 32.7 Å². The van der Waals surface area contributed by atoms with E-state index in [0.717, 1.165) is 17.5 Å². The quantitative estimate of drug-likeness (QED) is 0.0842. The van der Waals surface area contributed by atoms with Gasteiger partial charge in [0, 0.05) is 15.8 Å². The summed E-state index contributed by atoms with van der Waals surface area (Å²) in [5.74, 6) is -0.00705. The monoisotopic (exact) mass is 695 g/mol. The van der Waals surface area contributed by atoms with Crippen LogP contribution in [0.1, 0.15) is 43.0 Å². The topological polar surface area (TPSA) is 102 Å². The van der Waals surface area contributed by atoms with E-state index < -0.39 is 23.5 Å². The molecular weight excluding hydrogens is 665 g/mol. The minimum absolute atomic E-state index is 0.0786. The number of thioether (sulfide) groups is 1. The number of aromatic nitrogens is 2. The van der Waals surface area contributed by atoms with Crippen LogP contribution in [0.25, 0.3) is 6.08 Å². The molecule has 0 spiro atoms. The van der Waals surface area contributed by atoms with Crippen molar-refractivity contribution < 1.29 is 24.2 Å². The number of methoxy groups -OCH3 is 1. The van der Waals surface area contributed by atoms with Crippen LogP contribution in [-0.2, 0) is 15.3 Å². The van der Waals surface area contributed by atoms with Crippen molar-refractivity contribution in [3.05, 3.63) is 111 Å². The molecule has 0 radical (unpaired) electrons. The fourth-order valence-corrected chi connectivity index (χ4v) is 7.14. The standard InChI is InChI=1S/C34H31Cl2N3O5S2/c1-20(2)15-16-44-27-14-11-22(17-28(27)43-3)30-29(26(40)13-9-21-7-5-4-6-8-21)31(41)32(42)39(30)33-37-38-34(46-33)45-19-23-10-12-24(35)18-25(23)36/h4-14,17-18,20,30,41H,15-16,19H2,1-3H3/b13-9+. The van der Waals surface area contributed by atoms with Crippen molar-refractivity contribution in [3.63, 3.8) is 0 Å². The number of carbonyl (C=O) groups excluding carboxylic acids is 2. The van der Waals surface area contributed by atoms with Gasteiger partial charge in [0.2, 0.25) is 5.13 Å². The number of ether oxygens (including phenoxy) is 2. The van der Waals surface area contributed by atoms with E-state index in [1.54, 1.807) is 36.4 Å². The fourth-order valence-electron chi connectivity index (χ4n) is 4.71. The van der Waals surface area contributed by atoms with Crippen LogP contribution in [-0.4, -0.2) is 40.7 Å². The molecule has 1 aliphatic rings. The molecule has 1 aliphatic heterocycles. The molecule has 3 aromatic carbocycles. The smallest absolute Gasteiger partial charge is 0.296 e. The Bertz CT molecular complexity index is 1790. The van der Waals surface area contributed by atoms with Gasteiger partial charge in [-0.05, 0) is 59.4 Å². The number of aliphatic hydroxyl groups excluding tert-OH is 1. The maximum Gasteiger partial charge on any atom is 0.296 e. The lowest BCUT2D eigenvalue weighted by molar-refractivity contribution is -0.117. The predicted molar refractivity (Wildman–Crippen MR) is 184 cm³/mol. The SMILES string of the molecule is COc1cc(C2C(C(=O)/C=C/c3ccccc3)=C(O)C(=O)N2c2nnc(SCc3ccc(Cl)cc3Cl)s2)ccc1OCCC(C)C. The van der Waals surface area contributed by atoms with Crippen LogP contribution < -0.4 is 14.4 Å². The van der Waals surface area contributed by atoms with Crippen molar-refractivity contribution in [3.8, 4) is 11.5 Å². The Labute approximate surface area is 285 Å². The molecular formula is C34H31Cl2N3O5S2. The number of rotatable bonds is 13. The van der Waals surface area contributed by atoms with E-state index >= 15 is 0 Å². The molecule has 0 saturated carbocycles. The summed E-state index contributed by atoms with van der Waals surface area (Å²) in [5, 5.41) is 21.0. The molecule has 8 nitrogen and oxygen atoms in total. The molecule has 1 unspecified atom stereocenters. The van der Waals surface area contributed by atoms with Crippen molar-refractivity contribution in [2.24, 2.45) is 5.92 Å². The second-order valence-corrected chi connectivity index (χ2v) is 13.8. The van der Waals surface area contributed by atoms with E-state index in [1.807, 2.05) is 36.4 Å². The Hall–Kier alpha value is -3.83. The molecule has 46 heavy (non-hydrogen) atoms. The third kappa shape index (κ3) is 7.75. The minimum Gasteiger partial charge on any atom is -0.503 e. The molecule has 0 fully saturated rings. The van der Waals surface area contributed by atoms with Crippen LogP contribution >= 0.6 is 46.3 Å². The van der Waals surface area contributed by atoms with E-state index in [0.29, 0.717) is 49.7 Å². The van der Waals surface area contributed by atoms with Crippen molar-refractivity contribution in [1.29, 1.82) is 0 Å². The second kappa shape index (κ2) is 15.2. The molecule has 12 heteroatoms. The molecule has 2 heterocycles. The Morgan fingerprint density at radius 2 is 1.87 bits per heavy atom. The van der Waals surface area contributed by atoms with E-state index in [-0.39, 0.29) is 10.7 Å². The summed E-state index contributed by atoms with van der Waals surface area (Å²) >= 11 is 14.9. The van der Waals surface area contributed by atoms with Gasteiger partial charge in [0.1, 0.15) is 0 Å². The summed E-state index contributed by atoms with van der Waals surface area (Å²) in [6.45, 7) is 4.73. The number of aliphatic hydroxyl groups is 1. The summed E-state index contributed by atoms with van der Waals surface area (Å²) < 4.78 is 12.2. The number of hydrogen-bond donors (Lipinski definition) is 1. The van der Waals surface area contributed by atoms with Gasteiger partial charge in [0.15, 0.2) is 27.4 Å². The number of amides is 1. The predicted octanol–water partition coefficient (Wildman–Crippen LogP) is 8.75. The van der Waals surface area contributed by atoms with Crippen LogP contribution in [0.15, 0.2) is 88.5 Å². The number of allylic oxidation sites excluding steroid dienone is 1. The number of ketones is 1. The lowest BCUT2D eigenvalue weighted by Gasteiger charge is -2.24. The van der Waals surface area contributed by atoms with Gasteiger partial charge in [-0.25, -0.2) is 0 Å². The molecule has 5 rings (SSSR count). The zero-order chi connectivity index (χ0) is 32.8. The first kappa shape index (κ1) is 33.5. The number of anilines is 1. The number of benzene rings is 3. The largest absolute Gasteiger partial charge is 0.503 e. The fraction of sp³-hybridized carbons (Fsp3) is 0.235. The molecule has 0 saturated heterocycles. The Balaban J connectivity index is 1.48. The van der Waals surface area contributed by atoms with Crippen LogP contribution in [0.5, 0.6) is 11.5 Å². The maximum atomic E-state index is 13.7. The summed E-state index contributed by atoms with van der Waals surface area (Å²) in [7, 11) is 1.52. The highest BCUT2D eigenvalue weighted by Gasteiger charge is 2.45. The molecule has 238 valence electrons. The molecule has 1 aromatic heterocycles. The number of hydrogen-bond acceptors (Lipinski definition) is 9. The average Bonchev–Trinajstić information content (AvgIpc) is 3.61. The molecule has 1 amide bonds. The maximum absolute atomic E-state index is 13.7. The Kier molecular flexibility index (Phi) is 11.1. The molecule has 0 aliphatic carbocycles. The van der Waals surface area contributed by atoms with Gasteiger partial charge in [-0.3, -0.25) is 14.5 Å². The summed E-state index contributed by atoms with van der Waals surface area (Å²) in [4.78, 5) is 28.6. The first-order valence-corrected chi connectivity index (χ1v) is 17.0. The summed E-state index contributed by atoms with van der Waals surface area (Å²) in [6, 6.07) is 18.8. The van der Waals surface area contributed by atoms with Crippen molar-refractivity contribution >= 4 is 69.2 Å². The first-order chi connectivity index (χ1) is 22.2. The normalized spacial score (nSPS) is 15.0. The summed E-state index contributed by atoms with van der Waals surface area (Å²) in [5.41, 5.74) is 2.11. The van der Waals surface area contributed by atoms with Crippen LogP contribution in [0, 0.1) is 5.92 Å². The van der Waals surface area contributed by atoms with Gasteiger partial charge in [-0.1, -0.05) is 109 Å². The molecule has 0 bridgehead atoms. The third-order valence-electron chi connectivity index (χ3n) is 7.12. The van der Waals surface area contributed by atoms with Crippen molar-refractivity contribution in [2.75, 3.05) is 18.6 Å². The van der Waals surface area contributed by atoms with Crippen LogP contribution in [0.2, 0.25) is 10.0 Å². The Morgan fingerprint density at radius 1 is 1.09 bits per heavy atom. The lowest BCUT2D eigenvalue weighted by atomic mass is 9.95. The highest BCUT2D eigenvalue weighted by molar-refractivity contribution is 8.00. The number of nitrogens with zero attached hydrogens (tertiary/aromatic N) is 3. The van der Waals surface area contributed by atoms with Gasteiger partial charge in [-0.15, -0.1) is 10.2 Å². The van der Waals surface area contributed by atoms with E-state index in [9.17, 15) is 14.7 Å². The van der Waals surface area contributed by atoms with Crippen molar-refractivity contribution in [1.82, 2.24) is 10.2 Å². The van der Waals surface area contributed by atoms with Crippen LogP contribution in [0.4, 0.5) is 5.13 Å². The molecule has 1 N–H and O–H groups in total. The highest BCUT2D eigenvalue weighted by atomic mass is 35.5. The van der Waals surface area contributed by atoms with Crippen LogP contribution in [0.3, 0.4) is 0 Å². The minimum atomic E-state index is -1.00. The molecule has 1 atom stereocenters. The van der Waals surface area contributed by atoms with Gasteiger partial charge < -0.3 is 14.6 Å². The van der Waals surface area contributed by atoms with Gasteiger partial charge in [-0.2, -0.15) is 0 Å². The first-order valence-electron chi connectivity index (χ1n) is 14.4. The van der Waals surface area contributed by atoms with Gasteiger partial charge >= 0.3 is 0 Å². The van der Waals surface area contributed by atoms with E-state index in [2.05, 4.69) is 24.0 Å². The van der Waals surface area contributed by atoms with Gasteiger partial charge in [0.05, 0.1) is 25.3 Å². The average molecular weight is 697 g/mol. The zero-order valence-electron chi connectivity index (χ0n) is 25.3. The van der Waals surface area contributed by atoms with Crippen molar-refractivity contribution in [2.45, 2.75) is 36.4 Å². The van der Waals surface area contributed by atoms with E-state index in [1.165, 1.54) is 41.2 Å². The Morgan fingerprint density at radius 3 is 2.59 bits per heavy atom.